The maximum Gasteiger partial charge on any atom is 0.271 e. The molecule has 1 saturated heterocycles. The van der Waals surface area contributed by atoms with Crippen molar-refractivity contribution in [2.45, 2.75) is 33.1 Å². The van der Waals surface area contributed by atoms with Crippen LogP contribution in [0.3, 0.4) is 0 Å². The topological polar surface area (TPSA) is 71.9 Å². The fourth-order valence-corrected chi connectivity index (χ4v) is 5.49. The van der Waals surface area contributed by atoms with Gasteiger partial charge in [-0.25, -0.2) is 4.98 Å². The molecule has 2 aliphatic rings. The number of rotatable bonds is 9. The number of halogens is 2. The van der Waals surface area contributed by atoms with Crippen LogP contribution in [0, 0.1) is 6.92 Å². The third-order valence-electron chi connectivity index (χ3n) is 7.06. The molecule has 0 atom stereocenters. The monoisotopic (exact) mass is 557 g/mol. The summed E-state index contributed by atoms with van der Waals surface area (Å²) in [4.78, 5) is 22.5. The summed E-state index contributed by atoms with van der Waals surface area (Å²) in [6.07, 6.45) is 2.57. The number of aryl methyl sites for hydroxylation is 1. The highest BCUT2D eigenvalue weighted by molar-refractivity contribution is 6.43. The van der Waals surface area contributed by atoms with E-state index in [1.54, 1.807) is 0 Å². The van der Waals surface area contributed by atoms with Crippen LogP contribution in [0.2, 0.25) is 10.0 Å². The molecule has 5 rings (SSSR count). The Kier molecular flexibility index (Phi) is 8.31. The first-order valence-electron chi connectivity index (χ1n) is 13.1. The number of amides is 1. The second-order valence-corrected chi connectivity index (χ2v) is 10.4. The van der Waals surface area contributed by atoms with Crippen LogP contribution in [0.4, 0.5) is 5.69 Å². The van der Waals surface area contributed by atoms with Gasteiger partial charge in [0.15, 0.2) is 11.5 Å². The Morgan fingerprint density at radius 2 is 1.87 bits per heavy atom. The van der Waals surface area contributed by atoms with Crippen molar-refractivity contribution in [3.05, 3.63) is 63.7 Å². The lowest BCUT2D eigenvalue weighted by Crippen LogP contribution is -2.47. The molecule has 1 fully saturated rings. The highest BCUT2D eigenvalue weighted by Gasteiger charge is 2.23. The molecule has 8 nitrogen and oxygen atoms in total. The minimum Gasteiger partial charge on any atom is -0.454 e. The molecule has 1 aromatic heterocycles. The zero-order valence-electron chi connectivity index (χ0n) is 21.8. The summed E-state index contributed by atoms with van der Waals surface area (Å²) in [6.45, 7) is 9.46. The number of hydrogen-bond acceptors (Lipinski definition) is 6. The molecule has 2 aromatic carbocycles. The van der Waals surface area contributed by atoms with E-state index in [4.69, 9.17) is 37.7 Å². The van der Waals surface area contributed by atoms with Crippen LogP contribution in [-0.4, -0.2) is 66.4 Å². The van der Waals surface area contributed by atoms with Gasteiger partial charge in [0.05, 0.1) is 27.1 Å². The zero-order valence-corrected chi connectivity index (χ0v) is 23.3. The summed E-state index contributed by atoms with van der Waals surface area (Å²) in [7, 11) is 0. The van der Waals surface area contributed by atoms with Crippen LogP contribution in [0.25, 0.3) is 5.69 Å². The first kappa shape index (κ1) is 26.7. The summed E-state index contributed by atoms with van der Waals surface area (Å²) in [6, 6.07) is 11.6. The number of anilines is 1. The molecular formula is C28H33Cl2N5O3. The average molecular weight is 559 g/mol. The Hall–Kier alpha value is -2.94. The molecular weight excluding hydrogens is 525 g/mol. The SMILES string of the molecule is CCCc1nc(C(=O)NCCCN2CCN(c3cccc(Cl)c3Cl)CC2)c(C)n1-c1ccc2c(c1)OCO2. The number of benzene rings is 2. The molecule has 10 heteroatoms. The van der Waals surface area contributed by atoms with Gasteiger partial charge < -0.3 is 24.3 Å². The number of carbonyl (C=O) groups excluding carboxylic acids is 1. The van der Waals surface area contributed by atoms with Crippen LogP contribution in [-0.2, 0) is 6.42 Å². The lowest BCUT2D eigenvalue weighted by Gasteiger charge is -2.36. The van der Waals surface area contributed by atoms with Crippen molar-refractivity contribution in [1.29, 1.82) is 0 Å². The molecule has 1 amide bonds. The summed E-state index contributed by atoms with van der Waals surface area (Å²) in [5.41, 5.74) is 3.20. The number of imidazole rings is 1. The fraction of sp³-hybridized carbons (Fsp3) is 0.429. The van der Waals surface area contributed by atoms with E-state index in [2.05, 4.69) is 22.0 Å². The van der Waals surface area contributed by atoms with Crippen LogP contribution in [0.1, 0.15) is 41.8 Å². The molecule has 38 heavy (non-hydrogen) atoms. The van der Waals surface area contributed by atoms with E-state index in [1.807, 2.05) is 47.9 Å². The number of aromatic nitrogens is 2. The Morgan fingerprint density at radius 3 is 2.66 bits per heavy atom. The molecule has 0 saturated carbocycles. The van der Waals surface area contributed by atoms with Crippen molar-refractivity contribution in [3.63, 3.8) is 0 Å². The predicted molar refractivity (Wildman–Crippen MR) is 150 cm³/mol. The zero-order chi connectivity index (χ0) is 26.6. The molecule has 0 aliphatic carbocycles. The fourth-order valence-electron chi connectivity index (χ4n) is 5.07. The molecule has 3 aromatic rings. The number of carbonyl (C=O) groups is 1. The second-order valence-electron chi connectivity index (χ2n) is 9.60. The number of nitrogens with one attached hydrogen (secondary N) is 1. The maximum atomic E-state index is 13.1. The van der Waals surface area contributed by atoms with Gasteiger partial charge in [-0.15, -0.1) is 0 Å². The van der Waals surface area contributed by atoms with Crippen molar-refractivity contribution in [2.24, 2.45) is 0 Å². The molecule has 1 N–H and O–H groups in total. The largest absolute Gasteiger partial charge is 0.454 e. The van der Waals surface area contributed by atoms with Gasteiger partial charge in [-0.1, -0.05) is 36.2 Å². The summed E-state index contributed by atoms with van der Waals surface area (Å²) in [5.74, 6) is 2.17. The quantitative estimate of drug-likeness (QED) is 0.368. The molecule has 0 radical (unpaired) electrons. The van der Waals surface area contributed by atoms with Gasteiger partial charge in [0.1, 0.15) is 11.5 Å². The van der Waals surface area contributed by atoms with Gasteiger partial charge >= 0.3 is 0 Å². The van der Waals surface area contributed by atoms with Crippen molar-refractivity contribution in [2.75, 3.05) is 51.0 Å². The standard InChI is InChI=1S/C28H33Cl2N5O3/c1-3-6-25-32-27(19(2)35(25)20-9-10-23-24(17-20)38-18-37-23)28(36)31-11-5-12-33-13-15-34(16-14-33)22-8-4-7-21(29)26(22)30/h4,7-10,17H,3,5-6,11-16,18H2,1-2H3,(H,31,36). The van der Waals surface area contributed by atoms with Gasteiger partial charge in [-0.05, 0) is 50.6 Å². The van der Waals surface area contributed by atoms with Crippen LogP contribution >= 0.6 is 23.2 Å². The molecule has 0 bridgehead atoms. The number of fused-ring (bicyclic) bond motifs is 1. The Balaban J connectivity index is 1.15. The van der Waals surface area contributed by atoms with Crippen LogP contribution in [0.15, 0.2) is 36.4 Å². The van der Waals surface area contributed by atoms with E-state index >= 15 is 0 Å². The molecule has 2 aliphatic heterocycles. The molecule has 202 valence electrons. The minimum atomic E-state index is -0.139. The number of nitrogens with zero attached hydrogens (tertiary/aromatic N) is 4. The molecule has 0 spiro atoms. The first-order valence-corrected chi connectivity index (χ1v) is 13.9. The summed E-state index contributed by atoms with van der Waals surface area (Å²) >= 11 is 12.6. The average Bonchev–Trinajstić information content (AvgIpc) is 3.52. The van der Waals surface area contributed by atoms with E-state index < -0.39 is 0 Å². The Bertz CT molecular complexity index is 1300. The molecule has 0 unspecified atom stereocenters. The van der Waals surface area contributed by atoms with Gasteiger partial charge in [-0.3, -0.25) is 9.69 Å². The van der Waals surface area contributed by atoms with Crippen molar-refractivity contribution in [1.82, 2.24) is 19.8 Å². The highest BCUT2D eigenvalue weighted by atomic mass is 35.5. The Morgan fingerprint density at radius 1 is 1.08 bits per heavy atom. The van der Waals surface area contributed by atoms with Gasteiger partial charge in [0.25, 0.3) is 5.91 Å². The van der Waals surface area contributed by atoms with E-state index in [0.29, 0.717) is 28.0 Å². The lowest BCUT2D eigenvalue weighted by atomic mass is 10.2. The second kappa shape index (κ2) is 11.8. The first-order chi connectivity index (χ1) is 18.5. The molecule has 3 heterocycles. The summed E-state index contributed by atoms with van der Waals surface area (Å²) < 4.78 is 13.0. The van der Waals surface area contributed by atoms with Crippen LogP contribution in [0.5, 0.6) is 11.5 Å². The highest BCUT2D eigenvalue weighted by Crippen LogP contribution is 2.35. The van der Waals surface area contributed by atoms with Gasteiger partial charge in [0.2, 0.25) is 6.79 Å². The smallest absolute Gasteiger partial charge is 0.271 e. The third-order valence-corrected chi connectivity index (χ3v) is 7.87. The third kappa shape index (κ3) is 5.58. The van der Waals surface area contributed by atoms with E-state index in [0.717, 1.165) is 80.6 Å². The Labute approximate surface area is 233 Å². The van der Waals surface area contributed by atoms with Crippen molar-refractivity contribution < 1.29 is 14.3 Å². The minimum absolute atomic E-state index is 0.139. The van der Waals surface area contributed by atoms with Crippen LogP contribution < -0.4 is 19.7 Å². The number of hydrogen-bond donors (Lipinski definition) is 1. The van der Waals surface area contributed by atoms with Crippen molar-refractivity contribution >= 4 is 34.8 Å². The van der Waals surface area contributed by atoms with E-state index in [-0.39, 0.29) is 12.7 Å². The number of piperazine rings is 1. The lowest BCUT2D eigenvalue weighted by molar-refractivity contribution is 0.0946. The van der Waals surface area contributed by atoms with Gasteiger partial charge in [0, 0.05) is 45.2 Å². The van der Waals surface area contributed by atoms with Crippen molar-refractivity contribution in [3.8, 4) is 17.2 Å². The predicted octanol–water partition coefficient (Wildman–Crippen LogP) is 5.11. The van der Waals surface area contributed by atoms with E-state index in [9.17, 15) is 4.79 Å². The maximum absolute atomic E-state index is 13.1. The normalized spacial score (nSPS) is 15.2. The number of ether oxygens (including phenoxy) is 2. The van der Waals surface area contributed by atoms with Gasteiger partial charge in [-0.2, -0.15) is 0 Å². The van der Waals surface area contributed by atoms with E-state index in [1.165, 1.54) is 0 Å². The summed E-state index contributed by atoms with van der Waals surface area (Å²) in [5, 5.41) is 4.27.